The van der Waals surface area contributed by atoms with Gasteiger partial charge in [0.05, 0.1) is 24.6 Å². The molecule has 3 aromatic rings. The molecular weight excluding hydrogens is 438 g/mol. The Labute approximate surface area is 193 Å². The lowest BCUT2D eigenvalue weighted by Crippen LogP contribution is -2.27. The van der Waals surface area contributed by atoms with Crippen LogP contribution < -0.4 is 9.46 Å². The second-order valence-electron chi connectivity index (χ2n) is 7.71. The van der Waals surface area contributed by atoms with Crippen LogP contribution in [-0.4, -0.2) is 37.9 Å². The van der Waals surface area contributed by atoms with Gasteiger partial charge in [0.1, 0.15) is 5.75 Å². The van der Waals surface area contributed by atoms with Gasteiger partial charge in [-0.05, 0) is 42.8 Å². The van der Waals surface area contributed by atoms with E-state index in [2.05, 4.69) is 4.72 Å². The number of para-hydroxylation sites is 1. The van der Waals surface area contributed by atoms with Gasteiger partial charge >= 0.3 is 0 Å². The number of ether oxygens (including phenoxy) is 1. The molecule has 170 valence electrons. The molecule has 0 saturated heterocycles. The van der Waals surface area contributed by atoms with Gasteiger partial charge in [-0.25, -0.2) is 13.4 Å². The molecule has 0 aliphatic carbocycles. The number of anilines is 1. The van der Waals surface area contributed by atoms with Crippen LogP contribution >= 0.6 is 0 Å². The highest BCUT2D eigenvalue weighted by atomic mass is 32.2. The van der Waals surface area contributed by atoms with Crippen molar-refractivity contribution in [3.63, 3.8) is 0 Å². The van der Waals surface area contributed by atoms with Gasteiger partial charge in [0.15, 0.2) is 0 Å². The first-order valence-electron chi connectivity index (χ1n) is 10.6. The number of hydrogen-bond donors (Lipinski definition) is 1. The van der Waals surface area contributed by atoms with Crippen LogP contribution in [0.2, 0.25) is 0 Å². The van der Waals surface area contributed by atoms with Crippen molar-refractivity contribution < 1.29 is 17.9 Å². The molecule has 1 amide bonds. The molecule has 0 saturated carbocycles. The number of rotatable bonds is 7. The van der Waals surface area contributed by atoms with Crippen LogP contribution in [0.3, 0.4) is 0 Å². The molecule has 0 aromatic heterocycles. The van der Waals surface area contributed by atoms with Crippen LogP contribution in [0.15, 0.2) is 84.0 Å². The number of carbonyl (C=O) groups is 1. The summed E-state index contributed by atoms with van der Waals surface area (Å²) < 4.78 is 31.6. The Morgan fingerprint density at radius 1 is 1.06 bits per heavy atom. The van der Waals surface area contributed by atoms with Gasteiger partial charge in [0.25, 0.3) is 5.91 Å². The van der Waals surface area contributed by atoms with E-state index < -0.39 is 10.0 Å². The number of amides is 1. The van der Waals surface area contributed by atoms with Crippen molar-refractivity contribution in [3.8, 4) is 5.75 Å². The van der Waals surface area contributed by atoms with Crippen LogP contribution in [0.5, 0.6) is 5.75 Å². The molecule has 0 unspecified atom stereocenters. The summed E-state index contributed by atoms with van der Waals surface area (Å²) in [6.45, 7) is 2.42. The summed E-state index contributed by atoms with van der Waals surface area (Å²) in [6.07, 6.45) is 1.57. The Hall–Kier alpha value is -3.65. The summed E-state index contributed by atoms with van der Waals surface area (Å²) in [5.41, 5.74) is 3.28. The fourth-order valence-electron chi connectivity index (χ4n) is 3.85. The van der Waals surface area contributed by atoms with Gasteiger partial charge < -0.3 is 4.74 Å². The van der Waals surface area contributed by atoms with Crippen LogP contribution in [0, 0.1) is 0 Å². The minimum Gasteiger partial charge on any atom is -0.494 e. The number of hydrazone groups is 1. The van der Waals surface area contributed by atoms with E-state index in [1.807, 2.05) is 55.5 Å². The van der Waals surface area contributed by atoms with Crippen molar-refractivity contribution in [1.29, 1.82) is 0 Å². The predicted molar refractivity (Wildman–Crippen MR) is 129 cm³/mol. The Morgan fingerprint density at radius 3 is 2.52 bits per heavy atom. The number of benzene rings is 3. The SMILES string of the molecule is CCOc1ccccc1[C@@H]1CC(c2cccc(NS(C)(=O)=O)c2)=NN1C(=O)c1ccccc1. The number of carbonyl (C=O) groups excluding carboxylic acids is 1. The zero-order chi connectivity index (χ0) is 23.4. The first kappa shape index (κ1) is 22.5. The van der Waals surface area contributed by atoms with E-state index in [4.69, 9.17) is 9.84 Å². The first-order valence-corrected chi connectivity index (χ1v) is 12.5. The van der Waals surface area contributed by atoms with Crippen molar-refractivity contribution in [2.24, 2.45) is 5.10 Å². The van der Waals surface area contributed by atoms with E-state index in [0.717, 1.165) is 17.4 Å². The molecule has 1 atom stereocenters. The van der Waals surface area contributed by atoms with E-state index in [-0.39, 0.29) is 11.9 Å². The molecule has 0 bridgehead atoms. The lowest BCUT2D eigenvalue weighted by atomic mass is 9.97. The fourth-order valence-corrected chi connectivity index (χ4v) is 4.40. The smallest absolute Gasteiger partial charge is 0.274 e. The Morgan fingerprint density at radius 2 is 1.79 bits per heavy atom. The summed E-state index contributed by atoms with van der Waals surface area (Å²) in [4.78, 5) is 13.4. The van der Waals surface area contributed by atoms with Crippen molar-refractivity contribution in [1.82, 2.24) is 5.01 Å². The number of nitrogens with one attached hydrogen (secondary N) is 1. The van der Waals surface area contributed by atoms with Gasteiger partial charge in [0, 0.05) is 23.2 Å². The highest BCUT2D eigenvalue weighted by Crippen LogP contribution is 2.38. The highest BCUT2D eigenvalue weighted by molar-refractivity contribution is 7.92. The van der Waals surface area contributed by atoms with Crippen LogP contribution in [0.1, 0.15) is 40.9 Å². The molecule has 1 heterocycles. The number of hydrogen-bond acceptors (Lipinski definition) is 5. The monoisotopic (exact) mass is 463 g/mol. The van der Waals surface area contributed by atoms with Gasteiger partial charge in [-0.3, -0.25) is 9.52 Å². The molecule has 4 rings (SSSR count). The predicted octanol–water partition coefficient (Wildman–Crippen LogP) is 4.45. The molecule has 33 heavy (non-hydrogen) atoms. The van der Waals surface area contributed by atoms with Crippen LogP contribution in [-0.2, 0) is 10.0 Å². The largest absolute Gasteiger partial charge is 0.494 e. The zero-order valence-electron chi connectivity index (χ0n) is 18.4. The van der Waals surface area contributed by atoms with Crippen LogP contribution in [0.25, 0.3) is 0 Å². The second-order valence-corrected chi connectivity index (χ2v) is 9.46. The molecule has 8 heteroatoms. The maximum absolute atomic E-state index is 13.4. The van der Waals surface area contributed by atoms with E-state index in [0.29, 0.717) is 35.7 Å². The summed E-state index contributed by atoms with van der Waals surface area (Å²) in [6, 6.07) is 23.3. The summed E-state index contributed by atoms with van der Waals surface area (Å²) >= 11 is 0. The van der Waals surface area contributed by atoms with Crippen molar-refractivity contribution in [3.05, 3.63) is 95.6 Å². The van der Waals surface area contributed by atoms with E-state index in [9.17, 15) is 13.2 Å². The van der Waals surface area contributed by atoms with Gasteiger partial charge in [-0.2, -0.15) is 5.10 Å². The third-order valence-corrected chi connectivity index (χ3v) is 5.82. The summed E-state index contributed by atoms with van der Waals surface area (Å²) in [5, 5.41) is 6.20. The molecule has 0 fully saturated rings. The van der Waals surface area contributed by atoms with Crippen molar-refractivity contribution >= 4 is 27.3 Å². The lowest BCUT2D eigenvalue weighted by Gasteiger charge is -2.24. The average molecular weight is 464 g/mol. The summed E-state index contributed by atoms with van der Waals surface area (Å²) in [5.74, 6) is 0.493. The standard InChI is InChI=1S/C25H25N3O4S/c1-3-32-24-15-8-7-14-21(24)23-17-22(19-12-9-13-20(16-19)27-33(2,30)31)26-28(23)25(29)18-10-5-4-6-11-18/h4-16,23,27H,3,17H2,1-2H3/t23-/m0/s1. The Bertz CT molecular complexity index is 1290. The molecule has 0 spiro atoms. The normalized spacial score (nSPS) is 15.8. The third kappa shape index (κ3) is 5.23. The maximum atomic E-state index is 13.4. The van der Waals surface area contributed by atoms with E-state index in [1.54, 1.807) is 30.3 Å². The summed E-state index contributed by atoms with van der Waals surface area (Å²) in [7, 11) is -3.41. The van der Waals surface area contributed by atoms with Gasteiger partial charge in [0.2, 0.25) is 10.0 Å². The zero-order valence-corrected chi connectivity index (χ0v) is 19.2. The van der Waals surface area contributed by atoms with Crippen molar-refractivity contribution in [2.45, 2.75) is 19.4 Å². The fraction of sp³-hybridized carbons (Fsp3) is 0.200. The van der Waals surface area contributed by atoms with E-state index >= 15 is 0 Å². The molecule has 1 N–H and O–H groups in total. The van der Waals surface area contributed by atoms with E-state index in [1.165, 1.54) is 5.01 Å². The number of nitrogens with zero attached hydrogens (tertiary/aromatic N) is 2. The molecule has 1 aliphatic heterocycles. The Kier molecular flexibility index (Phi) is 6.46. The van der Waals surface area contributed by atoms with Gasteiger partial charge in [-0.1, -0.05) is 48.5 Å². The molecular formula is C25H25N3O4S. The highest BCUT2D eigenvalue weighted by Gasteiger charge is 2.35. The lowest BCUT2D eigenvalue weighted by molar-refractivity contribution is 0.0709. The second kappa shape index (κ2) is 9.46. The molecule has 7 nitrogen and oxygen atoms in total. The molecule has 0 radical (unpaired) electrons. The topological polar surface area (TPSA) is 88.1 Å². The Balaban J connectivity index is 1.75. The molecule has 1 aliphatic rings. The van der Waals surface area contributed by atoms with Crippen molar-refractivity contribution in [2.75, 3.05) is 17.6 Å². The minimum absolute atomic E-state index is 0.215. The van der Waals surface area contributed by atoms with Gasteiger partial charge in [-0.15, -0.1) is 0 Å². The van der Waals surface area contributed by atoms with Crippen LogP contribution in [0.4, 0.5) is 5.69 Å². The average Bonchev–Trinajstić information content (AvgIpc) is 3.24. The molecule has 3 aromatic carbocycles. The quantitative estimate of drug-likeness (QED) is 0.561. The maximum Gasteiger partial charge on any atom is 0.274 e. The minimum atomic E-state index is -3.41. The number of sulfonamides is 1. The third-order valence-electron chi connectivity index (χ3n) is 5.22. The first-order chi connectivity index (χ1) is 15.9.